The second-order valence-electron chi connectivity index (χ2n) is 9.99. The molecule has 0 radical (unpaired) electrons. The summed E-state index contributed by atoms with van der Waals surface area (Å²) in [6.45, 7) is 1.84. The first-order valence-corrected chi connectivity index (χ1v) is 12.7. The van der Waals surface area contributed by atoms with E-state index in [9.17, 15) is 9.18 Å². The Morgan fingerprint density at radius 1 is 1.14 bits per heavy atom. The van der Waals surface area contributed by atoms with Gasteiger partial charge in [0.15, 0.2) is 11.5 Å². The largest absolute Gasteiger partial charge is 0.497 e. The van der Waals surface area contributed by atoms with Crippen molar-refractivity contribution in [2.75, 3.05) is 7.11 Å². The van der Waals surface area contributed by atoms with E-state index in [0.717, 1.165) is 52.3 Å². The lowest BCUT2D eigenvalue weighted by atomic mass is 9.77. The van der Waals surface area contributed by atoms with Gasteiger partial charge in [-0.25, -0.2) is 9.37 Å². The summed E-state index contributed by atoms with van der Waals surface area (Å²) in [7, 11) is 1.61. The number of rotatable bonds is 7. The van der Waals surface area contributed by atoms with Crippen LogP contribution in [0.3, 0.4) is 0 Å². The highest BCUT2D eigenvalue weighted by atomic mass is 19.1. The molecule has 5 nitrogen and oxygen atoms in total. The molecule has 1 saturated carbocycles. The van der Waals surface area contributed by atoms with Gasteiger partial charge in [-0.2, -0.15) is 0 Å². The van der Waals surface area contributed by atoms with Crippen LogP contribution in [0.4, 0.5) is 4.39 Å². The number of esters is 1. The highest BCUT2D eigenvalue weighted by Gasteiger charge is 2.45. The van der Waals surface area contributed by atoms with Crippen molar-refractivity contribution in [3.63, 3.8) is 0 Å². The van der Waals surface area contributed by atoms with Gasteiger partial charge >= 0.3 is 5.97 Å². The van der Waals surface area contributed by atoms with Crippen LogP contribution in [-0.2, 0) is 21.6 Å². The molecule has 0 spiro atoms. The maximum absolute atomic E-state index is 14.7. The molecule has 0 saturated heterocycles. The highest BCUT2D eigenvalue weighted by Crippen LogP contribution is 2.46. The highest BCUT2D eigenvalue weighted by molar-refractivity contribution is 5.92. The predicted octanol–water partition coefficient (Wildman–Crippen LogP) is 7.02. The van der Waals surface area contributed by atoms with Crippen molar-refractivity contribution >= 4 is 22.6 Å². The Balaban J connectivity index is 1.35. The Labute approximate surface area is 214 Å². The number of oxazole rings is 1. The van der Waals surface area contributed by atoms with E-state index in [1.807, 2.05) is 54.6 Å². The van der Waals surface area contributed by atoms with Gasteiger partial charge < -0.3 is 13.9 Å². The average molecular weight is 498 g/mol. The summed E-state index contributed by atoms with van der Waals surface area (Å²) < 4.78 is 31.6. The first-order valence-electron chi connectivity index (χ1n) is 12.7. The van der Waals surface area contributed by atoms with E-state index in [2.05, 4.69) is 0 Å². The first kappa shape index (κ1) is 23.5. The van der Waals surface area contributed by atoms with Gasteiger partial charge in [-0.05, 0) is 90.8 Å². The maximum atomic E-state index is 14.7. The molecule has 2 aliphatic carbocycles. The molecule has 6 heteroatoms. The van der Waals surface area contributed by atoms with E-state index in [4.69, 9.17) is 18.9 Å². The molecule has 0 aliphatic heterocycles. The lowest BCUT2D eigenvalue weighted by molar-refractivity contribution is -0.150. The number of nitrogens with zero attached hydrogens (tertiary/aromatic N) is 1. The van der Waals surface area contributed by atoms with Crippen molar-refractivity contribution in [3.05, 3.63) is 101 Å². The molecule has 37 heavy (non-hydrogen) atoms. The van der Waals surface area contributed by atoms with Crippen LogP contribution >= 0.6 is 0 Å². The van der Waals surface area contributed by atoms with Crippen molar-refractivity contribution in [3.8, 4) is 5.75 Å². The van der Waals surface area contributed by atoms with Crippen LogP contribution in [0.1, 0.15) is 59.7 Å². The number of halogens is 1. The molecule has 0 unspecified atom stereocenters. The molecule has 1 heterocycles. The molecule has 0 bridgehead atoms. The molecular formula is C31H28FNO4. The third-order valence-electron chi connectivity index (χ3n) is 7.55. The zero-order chi connectivity index (χ0) is 25.6. The number of carbonyl (C=O) groups is 1. The maximum Gasteiger partial charge on any atom is 0.320 e. The number of carbonyl (C=O) groups excluding carboxylic acids is 1. The second-order valence-corrected chi connectivity index (χ2v) is 9.99. The van der Waals surface area contributed by atoms with Crippen LogP contribution in [0.5, 0.6) is 5.75 Å². The van der Waals surface area contributed by atoms with Crippen molar-refractivity contribution in [2.24, 2.45) is 0 Å². The van der Waals surface area contributed by atoms with Crippen LogP contribution in [0.15, 0.2) is 71.2 Å². The van der Waals surface area contributed by atoms with Crippen molar-refractivity contribution in [2.45, 2.75) is 50.5 Å². The average Bonchev–Trinajstić information content (AvgIpc) is 3.53. The Kier molecular flexibility index (Phi) is 5.82. The fraction of sp³-hybridized carbons (Fsp3) is 0.290. The second kappa shape index (κ2) is 9.18. The van der Waals surface area contributed by atoms with Gasteiger partial charge in [0.1, 0.15) is 29.1 Å². The molecule has 3 aromatic carbocycles. The van der Waals surface area contributed by atoms with Gasteiger partial charge in [-0.1, -0.05) is 36.4 Å². The SMILES string of the molecule is COc1ccc(COC(=O)[C@]2(c3cccc(F)c3C)C=C(c3ccc4oc(C5CC5)nc4c3)CC2)cc1. The Morgan fingerprint density at radius 2 is 1.95 bits per heavy atom. The number of hydrogen-bond acceptors (Lipinski definition) is 5. The molecule has 1 fully saturated rings. The lowest BCUT2D eigenvalue weighted by Crippen LogP contribution is -2.34. The molecule has 2 aliphatic rings. The fourth-order valence-electron chi connectivity index (χ4n) is 5.22. The number of benzene rings is 3. The van der Waals surface area contributed by atoms with Gasteiger partial charge in [0, 0.05) is 5.92 Å². The molecule has 1 atom stereocenters. The fourth-order valence-corrected chi connectivity index (χ4v) is 5.22. The zero-order valence-electron chi connectivity index (χ0n) is 20.9. The summed E-state index contributed by atoms with van der Waals surface area (Å²) in [6.07, 6.45) is 5.37. The summed E-state index contributed by atoms with van der Waals surface area (Å²) in [4.78, 5) is 18.5. The number of fused-ring (bicyclic) bond motifs is 1. The summed E-state index contributed by atoms with van der Waals surface area (Å²) in [5, 5.41) is 0. The minimum atomic E-state index is -1.08. The van der Waals surface area contributed by atoms with Crippen LogP contribution in [0, 0.1) is 12.7 Å². The van der Waals surface area contributed by atoms with E-state index >= 15 is 0 Å². The smallest absolute Gasteiger partial charge is 0.320 e. The van der Waals surface area contributed by atoms with Crippen LogP contribution in [-0.4, -0.2) is 18.1 Å². The Hall–Kier alpha value is -3.93. The number of ether oxygens (including phenoxy) is 2. The number of allylic oxidation sites excluding steroid dienone is 1. The van der Waals surface area contributed by atoms with Gasteiger partial charge in [0.2, 0.25) is 0 Å². The van der Waals surface area contributed by atoms with Crippen LogP contribution < -0.4 is 4.74 Å². The first-order chi connectivity index (χ1) is 18.0. The zero-order valence-corrected chi connectivity index (χ0v) is 20.9. The molecule has 6 rings (SSSR count). The number of aromatic nitrogens is 1. The van der Waals surface area contributed by atoms with Crippen molar-refractivity contribution in [1.82, 2.24) is 4.98 Å². The summed E-state index contributed by atoms with van der Waals surface area (Å²) >= 11 is 0. The lowest BCUT2D eigenvalue weighted by Gasteiger charge is -2.27. The van der Waals surface area contributed by atoms with E-state index in [0.29, 0.717) is 29.9 Å². The molecule has 4 aromatic rings. The van der Waals surface area contributed by atoms with Gasteiger partial charge in [0.05, 0.1) is 7.11 Å². The molecule has 0 amide bonds. The van der Waals surface area contributed by atoms with Gasteiger partial charge in [-0.15, -0.1) is 0 Å². The van der Waals surface area contributed by atoms with Gasteiger partial charge in [-0.3, -0.25) is 4.79 Å². The molecule has 0 N–H and O–H groups in total. The van der Waals surface area contributed by atoms with Crippen LogP contribution in [0.25, 0.3) is 16.7 Å². The number of methoxy groups -OCH3 is 1. The van der Waals surface area contributed by atoms with E-state index in [1.54, 1.807) is 20.1 Å². The topological polar surface area (TPSA) is 61.6 Å². The summed E-state index contributed by atoms with van der Waals surface area (Å²) in [5.74, 6) is 1.26. The minimum Gasteiger partial charge on any atom is -0.497 e. The minimum absolute atomic E-state index is 0.122. The Bertz CT molecular complexity index is 1520. The van der Waals surface area contributed by atoms with Gasteiger partial charge in [0.25, 0.3) is 0 Å². The van der Waals surface area contributed by atoms with Crippen molar-refractivity contribution < 1.29 is 23.1 Å². The monoisotopic (exact) mass is 497 g/mol. The molecule has 188 valence electrons. The quantitative estimate of drug-likeness (QED) is 0.257. The van der Waals surface area contributed by atoms with Crippen LogP contribution in [0.2, 0.25) is 0 Å². The molecular weight excluding hydrogens is 469 g/mol. The van der Waals surface area contributed by atoms with E-state index in [-0.39, 0.29) is 18.4 Å². The third kappa shape index (κ3) is 4.31. The number of hydrogen-bond donors (Lipinski definition) is 0. The molecule has 1 aromatic heterocycles. The predicted molar refractivity (Wildman–Crippen MR) is 139 cm³/mol. The summed E-state index contributed by atoms with van der Waals surface area (Å²) in [5.41, 5.74) is 4.47. The normalized spacial score (nSPS) is 19.2. The van der Waals surface area contributed by atoms with E-state index < -0.39 is 5.41 Å². The standard InChI is InChI=1S/C31H28FNO4/c1-19-25(4-3-5-26(19)32)31(30(34)36-18-20-6-11-24(35-2)12-7-20)15-14-23(17-31)22-10-13-28-27(16-22)33-29(37-28)21-8-9-21/h3-7,10-13,16-17,21H,8-9,14-15,18H2,1-2H3/t31-/m0/s1. The summed E-state index contributed by atoms with van der Waals surface area (Å²) in [6, 6.07) is 18.3. The van der Waals surface area contributed by atoms with Crippen molar-refractivity contribution in [1.29, 1.82) is 0 Å². The van der Waals surface area contributed by atoms with E-state index in [1.165, 1.54) is 6.07 Å². The third-order valence-corrected chi connectivity index (χ3v) is 7.55. The Morgan fingerprint density at radius 3 is 2.70 bits per heavy atom.